The molecule has 1 aromatic carbocycles. The maximum absolute atomic E-state index is 12.2. The number of rotatable bonds is 8. The fraction of sp³-hybridized carbons (Fsp3) is 0.278. The summed E-state index contributed by atoms with van der Waals surface area (Å²) < 4.78 is 2.16. The Morgan fingerprint density at radius 1 is 1.29 bits per heavy atom. The number of hydrogen-bond acceptors (Lipinski definition) is 7. The Labute approximate surface area is 169 Å². The minimum atomic E-state index is -0.472. The number of thiophene rings is 1. The summed E-state index contributed by atoms with van der Waals surface area (Å²) >= 11 is 3.05. The van der Waals surface area contributed by atoms with Crippen LogP contribution in [0.25, 0.3) is 0 Å². The number of aromatic nitrogens is 3. The second-order valence-corrected chi connectivity index (χ2v) is 8.37. The standard InChI is InChI=1S/C18H17N5O3S2/c24-17(19-12-3-5-14(6-4-12)23(25)26)11-28-18-21-20-16(22(18)13-7-8-13)10-15-2-1-9-27-15/h1-6,9,13H,7-8,10-11H2,(H,19,24). The predicted octanol–water partition coefficient (Wildman–Crippen LogP) is 3.90. The highest BCUT2D eigenvalue weighted by Crippen LogP contribution is 2.39. The monoisotopic (exact) mass is 415 g/mol. The summed E-state index contributed by atoms with van der Waals surface area (Å²) in [5.41, 5.74) is 0.515. The van der Waals surface area contributed by atoms with Crippen LogP contribution in [-0.2, 0) is 11.2 Å². The average molecular weight is 416 g/mol. The van der Waals surface area contributed by atoms with Gasteiger partial charge in [-0.25, -0.2) is 0 Å². The van der Waals surface area contributed by atoms with Gasteiger partial charge in [-0.05, 0) is 36.4 Å². The fourth-order valence-corrected chi connectivity index (χ4v) is 4.31. The van der Waals surface area contributed by atoms with Gasteiger partial charge < -0.3 is 9.88 Å². The van der Waals surface area contributed by atoms with Gasteiger partial charge >= 0.3 is 0 Å². The zero-order valence-electron chi connectivity index (χ0n) is 14.8. The van der Waals surface area contributed by atoms with E-state index in [0.29, 0.717) is 11.7 Å². The van der Waals surface area contributed by atoms with Crippen LogP contribution in [0.5, 0.6) is 0 Å². The maximum atomic E-state index is 12.2. The molecule has 10 heteroatoms. The number of nitrogens with one attached hydrogen (secondary N) is 1. The third-order valence-corrected chi connectivity index (χ3v) is 6.07. The van der Waals surface area contributed by atoms with Crippen molar-refractivity contribution in [1.82, 2.24) is 14.8 Å². The topological polar surface area (TPSA) is 103 Å². The lowest BCUT2D eigenvalue weighted by Crippen LogP contribution is -2.14. The summed E-state index contributed by atoms with van der Waals surface area (Å²) in [7, 11) is 0. The Hall–Kier alpha value is -2.72. The molecule has 144 valence electrons. The van der Waals surface area contributed by atoms with Crippen molar-refractivity contribution in [2.24, 2.45) is 0 Å². The van der Waals surface area contributed by atoms with E-state index in [1.807, 2.05) is 11.4 Å². The van der Waals surface area contributed by atoms with Gasteiger partial charge in [-0.1, -0.05) is 17.8 Å². The minimum Gasteiger partial charge on any atom is -0.325 e. The van der Waals surface area contributed by atoms with Crippen molar-refractivity contribution in [2.45, 2.75) is 30.5 Å². The number of non-ortho nitro benzene ring substituents is 1. The Balaban J connectivity index is 1.38. The Bertz CT molecular complexity index is 981. The Morgan fingerprint density at radius 3 is 2.71 bits per heavy atom. The summed E-state index contributed by atoms with van der Waals surface area (Å²) in [6.45, 7) is 0. The fourth-order valence-electron chi connectivity index (χ4n) is 2.79. The van der Waals surface area contributed by atoms with E-state index in [2.05, 4.69) is 26.1 Å². The third-order valence-electron chi connectivity index (χ3n) is 4.25. The second kappa shape index (κ2) is 8.11. The lowest BCUT2D eigenvalue weighted by molar-refractivity contribution is -0.384. The number of anilines is 1. The van der Waals surface area contributed by atoms with Crippen LogP contribution in [0.3, 0.4) is 0 Å². The van der Waals surface area contributed by atoms with E-state index in [9.17, 15) is 14.9 Å². The molecule has 0 bridgehead atoms. The minimum absolute atomic E-state index is 0.0109. The van der Waals surface area contributed by atoms with Crippen molar-refractivity contribution in [1.29, 1.82) is 0 Å². The summed E-state index contributed by atoms with van der Waals surface area (Å²) in [5, 5.41) is 24.9. The summed E-state index contributed by atoms with van der Waals surface area (Å²) in [5.74, 6) is 0.938. The zero-order chi connectivity index (χ0) is 19.5. The molecular formula is C18H17N5O3S2. The highest BCUT2D eigenvalue weighted by molar-refractivity contribution is 7.99. The van der Waals surface area contributed by atoms with Crippen molar-refractivity contribution in [2.75, 3.05) is 11.1 Å². The predicted molar refractivity (Wildman–Crippen MR) is 108 cm³/mol. The van der Waals surface area contributed by atoms with Gasteiger partial charge in [-0.2, -0.15) is 0 Å². The first-order chi connectivity index (χ1) is 13.6. The Kier molecular flexibility index (Phi) is 5.40. The van der Waals surface area contributed by atoms with Gasteiger partial charge in [0, 0.05) is 35.2 Å². The van der Waals surface area contributed by atoms with Crippen molar-refractivity contribution < 1.29 is 9.72 Å². The van der Waals surface area contributed by atoms with Gasteiger partial charge in [-0.3, -0.25) is 14.9 Å². The van der Waals surface area contributed by atoms with E-state index in [4.69, 9.17) is 0 Å². The molecule has 0 spiro atoms. The van der Waals surface area contributed by atoms with Gasteiger partial charge in [0.1, 0.15) is 5.82 Å². The molecule has 1 saturated carbocycles. The van der Waals surface area contributed by atoms with Gasteiger partial charge in [0.2, 0.25) is 5.91 Å². The van der Waals surface area contributed by atoms with Crippen LogP contribution in [0, 0.1) is 10.1 Å². The maximum Gasteiger partial charge on any atom is 0.269 e. The zero-order valence-corrected chi connectivity index (χ0v) is 16.4. The van der Waals surface area contributed by atoms with E-state index in [1.54, 1.807) is 11.3 Å². The van der Waals surface area contributed by atoms with Crippen LogP contribution in [0.2, 0.25) is 0 Å². The van der Waals surface area contributed by atoms with Crippen LogP contribution in [-0.4, -0.2) is 31.3 Å². The highest BCUT2D eigenvalue weighted by Gasteiger charge is 2.30. The van der Waals surface area contributed by atoms with Crippen LogP contribution in [0.1, 0.15) is 29.6 Å². The largest absolute Gasteiger partial charge is 0.325 e. The van der Waals surface area contributed by atoms with E-state index >= 15 is 0 Å². The second-order valence-electron chi connectivity index (χ2n) is 6.40. The molecule has 0 saturated heterocycles. The van der Waals surface area contributed by atoms with Gasteiger partial charge in [0.05, 0.1) is 10.7 Å². The smallest absolute Gasteiger partial charge is 0.269 e. The van der Waals surface area contributed by atoms with Crippen molar-refractivity contribution in [3.63, 3.8) is 0 Å². The molecule has 0 unspecified atom stereocenters. The van der Waals surface area contributed by atoms with E-state index in [0.717, 1.165) is 30.2 Å². The number of hydrogen-bond donors (Lipinski definition) is 1. The van der Waals surface area contributed by atoms with Gasteiger partial charge in [-0.15, -0.1) is 21.5 Å². The molecule has 1 fully saturated rings. The molecule has 0 atom stereocenters. The number of nitro benzene ring substituents is 1. The first kappa shape index (κ1) is 18.6. The lowest BCUT2D eigenvalue weighted by atomic mass is 10.3. The average Bonchev–Trinajstić information content (AvgIpc) is 3.23. The molecule has 0 radical (unpaired) electrons. The van der Waals surface area contributed by atoms with Crippen LogP contribution in [0.4, 0.5) is 11.4 Å². The number of nitro groups is 1. The van der Waals surface area contributed by atoms with Crippen molar-refractivity contribution in [3.05, 3.63) is 62.6 Å². The number of carbonyl (C=O) groups is 1. The molecule has 2 heterocycles. The van der Waals surface area contributed by atoms with E-state index in [1.165, 1.54) is 40.9 Å². The van der Waals surface area contributed by atoms with Crippen molar-refractivity contribution >= 4 is 40.4 Å². The SMILES string of the molecule is O=C(CSc1nnc(Cc2cccs2)n1C1CC1)Nc1ccc([N+](=O)[O-])cc1. The first-order valence-corrected chi connectivity index (χ1v) is 10.6. The van der Waals surface area contributed by atoms with E-state index in [-0.39, 0.29) is 17.3 Å². The normalized spacial score (nSPS) is 13.4. The van der Waals surface area contributed by atoms with Gasteiger partial charge in [0.15, 0.2) is 5.16 Å². The molecule has 0 aliphatic heterocycles. The first-order valence-electron chi connectivity index (χ1n) is 8.73. The number of carbonyl (C=O) groups excluding carboxylic acids is 1. The lowest BCUT2D eigenvalue weighted by Gasteiger charge is -2.08. The molecule has 4 rings (SSSR count). The number of nitrogens with zero attached hydrogens (tertiary/aromatic N) is 4. The number of amides is 1. The summed E-state index contributed by atoms with van der Waals surface area (Å²) in [6, 6.07) is 10.3. The molecular weight excluding hydrogens is 398 g/mol. The molecule has 28 heavy (non-hydrogen) atoms. The summed E-state index contributed by atoms with van der Waals surface area (Å²) in [6.07, 6.45) is 2.97. The van der Waals surface area contributed by atoms with Gasteiger partial charge in [0.25, 0.3) is 5.69 Å². The number of benzene rings is 1. The highest BCUT2D eigenvalue weighted by atomic mass is 32.2. The molecule has 1 N–H and O–H groups in total. The molecule has 1 aliphatic carbocycles. The number of thioether (sulfide) groups is 1. The van der Waals surface area contributed by atoms with Crippen LogP contribution in [0.15, 0.2) is 46.9 Å². The molecule has 3 aromatic rings. The summed E-state index contributed by atoms with van der Waals surface area (Å²) in [4.78, 5) is 23.7. The quantitative estimate of drug-likeness (QED) is 0.340. The third kappa shape index (κ3) is 4.39. The van der Waals surface area contributed by atoms with Crippen molar-refractivity contribution in [3.8, 4) is 0 Å². The van der Waals surface area contributed by atoms with Crippen LogP contribution >= 0.6 is 23.1 Å². The Morgan fingerprint density at radius 2 is 2.07 bits per heavy atom. The van der Waals surface area contributed by atoms with Crippen LogP contribution < -0.4 is 5.32 Å². The molecule has 2 aromatic heterocycles. The van der Waals surface area contributed by atoms with E-state index < -0.39 is 4.92 Å². The molecule has 1 amide bonds. The molecule has 8 nitrogen and oxygen atoms in total. The molecule has 1 aliphatic rings.